The Morgan fingerprint density at radius 1 is 1.13 bits per heavy atom. The second-order valence-corrected chi connectivity index (χ2v) is 8.03. The zero-order valence-electron chi connectivity index (χ0n) is 16.8. The number of hydrogen-bond donors (Lipinski definition) is 1. The Hall–Kier alpha value is -2.94. The Morgan fingerprint density at radius 3 is 2.77 bits per heavy atom. The molecule has 4 heterocycles. The van der Waals surface area contributed by atoms with Crippen LogP contribution in [0.5, 0.6) is 5.75 Å². The van der Waals surface area contributed by atoms with Gasteiger partial charge < -0.3 is 9.72 Å². The molecule has 1 aromatic carbocycles. The van der Waals surface area contributed by atoms with Crippen molar-refractivity contribution in [2.45, 2.75) is 37.9 Å². The van der Waals surface area contributed by atoms with E-state index in [4.69, 9.17) is 4.74 Å². The lowest BCUT2D eigenvalue weighted by atomic mass is 9.95. The van der Waals surface area contributed by atoms with E-state index in [1.165, 1.54) is 11.8 Å². The molecule has 2 aromatic heterocycles. The molecule has 1 N–H and O–H groups in total. The zero-order chi connectivity index (χ0) is 21.4. The van der Waals surface area contributed by atoms with Crippen LogP contribution in [0.25, 0.3) is 11.4 Å². The highest BCUT2D eigenvalue weighted by Crippen LogP contribution is 2.32. The highest BCUT2D eigenvalue weighted by Gasteiger charge is 2.34. The van der Waals surface area contributed by atoms with Crippen molar-refractivity contribution in [2.75, 3.05) is 19.7 Å². The van der Waals surface area contributed by atoms with E-state index in [0.29, 0.717) is 5.82 Å². The molecule has 5 rings (SSSR count). The number of alkyl halides is 3. The molecule has 0 bridgehead atoms. The van der Waals surface area contributed by atoms with Crippen LogP contribution in [-0.2, 0) is 19.1 Å². The van der Waals surface area contributed by atoms with E-state index in [1.807, 2.05) is 18.3 Å². The van der Waals surface area contributed by atoms with Gasteiger partial charge in [-0.25, -0.2) is 15.0 Å². The van der Waals surface area contributed by atoms with Crippen LogP contribution >= 0.6 is 0 Å². The van der Waals surface area contributed by atoms with Gasteiger partial charge in [0.1, 0.15) is 23.1 Å². The van der Waals surface area contributed by atoms with Crippen LogP contribution in [0.3, 0.4) is 0 Å². The monoisotopic (exact) mass is 429 g/mol. The SMILES string of the molecule is FC(F)(F)c1ccnc(C2CCN(Cc3cnc(-c4ccc5c(c4)CCO5)[nH]3)CC2)n1. The fourth-order valence-corrected chi connectivity index (χ4v) is 4.24. The quantitative estimate of drug-likeness (QED) is 0.673. The summed E-state index contributed by atoms with van der Waals surface area (Å²) in [7, 11) is 0. The highest BCUT2D eigenvalue weighted by molar-refractivity contribution is 5.59. The average Bonchev–Trinajstić information content (AvgIpc) is 3.42. The number of fused-ring (bicyclic) bond motifs is 1. The molecule has 9 heteroatoms. The van der Waals surface area contributed by atoms with Gasteiger partial charge in [0.05, 0.1) is 6.61 Å². The number of rotatable bonds is 4. The van der Waals surface area contributed by atoms with Crippen molar-refractivity contribution >= 4 is 0 Å². The minimum atomic E-state index is -4.44. The predicted octanol–water partition coefficient (Wildman–Crippen LogP) is 4.20. The summed E-state index contributed by atoms with van der Waals surface area (Å²) in [5.41, 5.74) is 2.38. The van der Waals surface area contributed by atoms with E-state index in [2.05, 4.69) is 30.9 Å². The minimum Gasteiger partial charge on any atom is -0.493 e. The first-order valence-corrected chi connectivity index (χ1v) is 10.4. The molecular formula is C22H22F3N5O. The Labute approximate surface area is 177 Å². The summed E-state index contributed by atoms with van der Waals surface area (Å²) >= 11 is 0. The number of aromatic amines is 1. The van der Waals surface area contributed by atoms with Crippen LogP contribution in [0.2, 0.25) is 0 Å². The van der Waals surface area contributed by atoms with Gasteiger partial charge in [0.25, 0.3) is 0 Å². The lowest BCUT2D eigenvalue weighted by Crippen LogP contribution is -2.33. The summed E-state index contributed by atoms with van der Waals surface area (Å²) in [6.45, 7) is 2.99. The molecule has 2 aliphatic rings. The van der Waals surface area contributed by atoms with E-state index in [9.17, 15) is 13.2 Å². The van der Waals surface area contributed by atoms with Crippen molar-refractivity contribution < 1.29 is 17.9 Å². The first-order valence-electron chi connectivity index (χ1n) is 10.4. The van der Waals surface area contributed by atoms with E-state index < -0.39 is 11.9 Å². The first kappa shape index (κ1) is 20.0. The molecule has 6 nitrogen and oxygen atoms in total. The zero-order valence-corrected chi connectivity index (χ0v) is 16.8. The van der Waals surface area contributed by atoms with Crippen molar-refractivity contribution in [3.8, 4) is 17.1 Å². The smallest absolute Gasteiger partial charge is 0.433 e. The maximum absolute atomic E-state index is 12.9. The highest BCUT2D eigenvalue weighted by atomic mass is 19.4. The summed E-state index contributed by atoms with van der Waals surface area (Å²) in [4.78, 5) is 18.0. The minimum absolute atomic E-state index is 0.0514. The summed E-state index contributed by atoms with van der Waals surface area (Å²) in [5, 5.41) is 0. The number of ether oxygens (including phenoxy) is 1. The molecule has 0 saturated carbocycles. The number of H-pyrrole nitrogens is 1. The van der Waals surface area contributed by atoms with Crippen LogP contribution in [0.15, 0.2) is 36.7 Å². The summed E-state index contributed by atoms with van der Waals surface area (Å²) in [6.07, 6.45) is 0.986. The molecule has 0 spiro atoms. The number of hydrogen-bond acceptors (Lipinski definition) is 5. The third-order valence-electron chi connectivity index (χ3n) is 5.90. The third-order valence-corrected chi connectivity index (χ3v) is 5.90. The molecule has 0 amide bonds. The molecule has 0 atom stereocenters. The lowest BCUT2D eigenvalue weighted by Gasteiger charge is -2.30. The van der Waals surface area contributed by atoms with Gasteiger partial charge in [0.15, 0.2) is 0 Å². The maximum Gasteiger partial charge on any atom is 0.433 e. The number of aromatic nitrogens is 4. The number of piperidine rings is 1. The van der Waals surface area contributed by atoms with E-state index >= 15 is 0 Å². The molecule has 0 aliphatic carbocycles. The van der Waals surface area contributed by atoms with Crippen LogP contribution in [0, 0.1) is 0 Å². The van der Waals surface area contributed by atoms with Crippen molar-refractivity contribution in [1.82, 2.24) is 24.8 Å². The molecule has 2 aliphatic heterocycles. The van der Waals surface area contributed by atoms with Crippen molar-refractivity contribution in [2.24, 2.45) is 0 Å². The summed E-state index contributed by atoms with van der Waals surface area (Å²) in [5.74, 6) is 2.02. The van der Waals surface area contributed by atoms with Gasteiger partial charge in [-0.1, -0.05) is 0 Å². The largest absolute Gasteiger partial charge is 0.493 e. The van der Waals surface area contributed by atoms with E-state index in [1.54, 1.807) is 0 Å². The fourth-order valence-electron chi connectivity index (χ4n) is 4.24. The van der Waals surface area contributed by atoms with Crippen LogP contribution in [-0.4, -0.2) is 44.5 Å². The second kappa shape index (κ2) is 7.96. The number of nitrogens with zero attached hydrogens (tertiary/aromatic N) is 4. The van der Waals surface area contributed by atoms with E-state index in [-0.39, 0.29) is 5.92 Å². The number of nitrogens with one attached hydrogen (secondary N) is 1. The van der Waals surface area contributed by atoms with Crippen molar-refractivity contribution in [1.29, 1.82) is 0 Å². The number of halogens is 3. The Bertz CT molecular complexity index is 1070. The lowest BCUT2D eigenvalue weighted by molar-refractivity contribution is -0.141. The van der Waals surface area contributed by atoms with Crippen molar-refractivity contribution in [3.63, 3.8) is 0 Å². The Morgan fingerprint density at radius 2 is 1.97 bits per heavy atom. The third kappa shape index (κ3) is 4.27. The predicted molar refractivity (Wildman–Crippen MR) is 108 cm³/mol. The van der Waals surface area contributed by atoms with Gasteiger partial charge in [0, 0.05) is 42.5 Å². The fraction of sp³-hybridized carbons (Fsp3) is 0.409. The van der Waals surface area contributed by atoms with Crippen LogP contribution in [0.4, 0.5) is 13.2 Å². The number of likely N-dealkylation sites (tertiary alicyclic amines) is 1. The Kier molecular flexibility index (Phi) is 5.13. The standard InChI is InChI=1S/C22H22F3N5O/c23-22(24,25)19-3-7-26-20(29-19)14-4-8-30(9-5-14)13-17-12-27-21(28-17)16-1-2-18-15(11-16)6-10-31-18/h1-3,7,11-12,14H,4-6,8-10,13H2,(H,27,28). The van der Waals surface area contributed by atoms with Crippen molar-refractivity contribution in [3.05, 3.63) is 59.4 Å². The molecular weight excluding hydrogens is 407 g/mol. The maximum atomic E-state index is 12.9. The van der Waals surface area contributed by atoms with Gasteiger partial charge in [-0.15, -0.1) is 0 Å². The first-order chi connectivity index (χ1) is 15.0. The summed E-state index contributed by atoms with van der Waals surface area (Å²) in [6, 6.07) is 7.03. The number of benzene rings is 1. The Balaban J connectivity index is 1.20. The van der Waals surface area contributed by atoms with Crippen LogP contribution < -0.4 is 4.74 Å². The van der Waals surface area contributed by atoms with Gasteiger partial charge in [-0.05, 0) is 55.8 Å². The molecule has 1 saturated heterocycles. The van der Waals surface area contributed by atoms with Crippen LogP contribution in [0.1, 0.15) is 41.5 Å². The molecule has 0 radical (unpaired) electrons. The van der Waals surface area contributed by atoms with Gasteiger partial charge >= 0.3 is 6.18 Å². The van der Waals surface area contributed by atoms with Gasteiger partial charge in [-0.2, -0.15) is 13.2 Å². The molecule has 1 fully saturated rings. The summed E-state index contributed by atoms with van der Waals surface area (Å²) < 4.78 is 44.3. The molecule has 0 unspecified atom stereocenters. The van der Waals surface area contributed by atoms with E-state index in [0.717, 1.165) is 74.4 Å². The van der Waals surface area contributed by atoms with Gasteiger partial charge in [0.2, 0.25) is 0 Å². The number of imidazole rings is 1. The topological polar surface area (TPSA) is 66.9 Å². The normalized spacial score (nSPS) is 17.5. The molecule has 31 heavy (non-hydrogen) atoms. The molecule has 3 aromatic rings. The molecule has 162 valence electrons. The van der Waals surface area contributed by atoms with Gasteiger partial charge in [-0.3, -0.25) is 4.90 Å². The average molecular weight is 429 g/mol. The second-order valence-electron chi connectivity index (χ2n) is 8.03.